The van der Waals surface area contributed by atoms with Gasteiger partial charge in [0.15, 0.2) is 0 Å². The molecular weight excluding hydrogens is 154 g/mol. The number of nitrogens with one attached hydrogen (secondary N) is 1. The predicted octanol–water partition coefficient (Wildman–Crippen LogP) is 0.716. The fourth-order valence-corrected chi connectivity index (χ4v) is 0.796. The first-order chi connectivity index (χ1) is 5.74. The SMILES string of the molecule is CN(C)c1ccc(NC=O)nc1. The van der Waals surface area contributed by atoms with E-state index in [1.54, 1.807) is 12.3 Å². The van der Waals surface area contributed by atoms with E-state index in [0.29, 0.717) is 12.2 Å². The zero-order chi connectivity index (χ0) is 8.97. The van der Waals surface area contributed by atoms with Gasteiger partial charge >= 0.3 is 0 Å². The van der Waals surface area contributed by atoms with Crippen LogP contribution in [0.25, 0.3) is 0 Å². The number of anilines is 2. The van der Waals surface area contributed by atoms with E-state index in [2.05, 4.69) is 10.3 Å². The standard InChI is InChI=1S/C8H11N3O/c1-11(2)7-3-4-8(9-5-7)10-6-12/h3-6H,1-2H3,(H,9,10,12). The lowest BCUT2D eigenvalue weighted by Crippen LogP contribution is -2.09. The molecule has 1 aromatic heterocycles. The van der Waals surface area contributed by atoms with Crippen molar-refractivity contribution in [1.29, 1.82) is 0 Å². The number of carbonyl (C=O) groups excluding carboxylic acids is 1. The average molecular weight is 165 g/mol. The van der Waals surface area contributed by atoms with Crippen molar-refractivity contribution in [2.24, 2.45) is 0 Å². The molecule has 0 aliphatic rings. The molecule has 0 saturated carbocycles. The van der Waals surface area contributed by atoms with Gasteiger partial charge in [0.2, 0.25) is 6.41 Å². The van der Waals surface area contributed by atoms with Crippen LogP contribution in [0.4, 0.5) is 11.5 Å². The maximum atomic E-state index is 10.0. The number of nitrogens with zero attached hydrogens (tertiary/aromatic N) is 2. The van der Waals surface area contributed by atoms with Crippen LogP contribution in [0, 0.1) is 0 Å². The Morgan fingerprint density at radius 2 is 2.25 bits per heavy atom. The lowest BCUT2D eigenvalue weighted by Gasteiger charge is -2.11. The molecule has 0 atom stereocenters. The number of amides is 1. The zero-order valence-electron chi connectivity index (χ0n) is 7.11. The molecule has 0 unspecified atom stereocenters. The second-order valence-corrected chi connectivity index (χ2v) is 2.56. The lowest BCUT2D eigenvalue weighted by molar-refractivity contribution is -0.105. The molecule has 1 amide bonds. The van der Waals surface area contributed by atoms with Crippen LogP contribution < -0.4 is 10.2 Å². The number of aromatic nitrogens is 1. The van der Waals surface area contributed by atoms with Crippen LogP contribution in [0.2, 0.25) is 0 Å². The summed E-state index contributed by atoms with van der Waals surface area (Å²) in [5.74, 6) is 0.565. The highest BCUT2D eigenvalue weighted by molar-refractivity contribution is 5.69. The Morgan fingerprint density at radius 1 is 1.50 bits per heavy atom. The van der Waals surface area contributed by atoms with Crippen molar-refractivity contribution in [3.8, 4) is 0 Å². The monoisotopic (exact) mass is 165 g/mol. The van der Waals surface area contributed by atoms with E-state index < -0.39 is 0 Å². The molecule has 0 fully saturated rings. The second-order valence-electron chi connectivity index (χ2n) is 2.56. The van der Waals surface area contributed by atoms with E-state index >= 15 is 0 Å². The topological polar surface area (TPSA) is 45.2 Å². The Balaban J connectivity index is 2.78. The van der Waals surface area contributed by atoms with E-state index in [0.717, 1.165) is 5.69 Å². The number of hydrogen-bond donors (Lipinski definition) is 1. The highest BCUT2D eigenvalue weighted by atomic mass is 16.1. The molecule has 1 heterocycles. The quantitative estimate of drug-likeness (QED) is 0.671. The molecule has 1 N–H and O–H groups in total. The largest absolute Gasteiger partial charge is 0.376 e. The number of pyridine rings is 1. The predicted molar refractivity (Wildman–Crippen MR) is 48.3 cm³/mol. The van der Waals surface area contributed by atoms with Crippen molar-refractivity contribution >= 4 is 17.9 Å². The van der Waals surface area contributed by atoms with Crippen molar-refractivity contribution in [2.75, 3.05) is 24.3 Å². The molecule has 4 nitrogen and oxygen atoms in total. The molecule has 1 rings (SSSR count). The third kappa shape index (κ3) is 1.95. The molecule has 0 aliphatic heterocycles. The molecule has 0 saturated heterocycles. The van der Waals surface area contributed by atoms with Crippen LogP contribution in [0.1, 0.15) is 0 Å². The summed E-state index contributed by atoms with van der Waals surface area (Å²) < 4.78 is 0. The summed E-state index contributed by atoms with van der Waals surface area (Å²) >= 11 is 0. The van der Waals surface area contributed by atoms with Gasteiger partial charge in [0.25, 0.3) is 0 Å². The van der Waals surface area contributed by atoms with Gasteiger partial charge in [0.1, 0.15) is 5.82 Å². The van der Waals surface area contributed by atoms with Crippen LogP contribution in [0.3, 0.4) is 0 Å². The van der Waals surface area contributed by atoms with E-state index in [9.17, 15) is 4.79 Å². The summed E-state index contributed by atoms with van der Waals surface area (Å²) in [4.78, 5) is 16.0. The van der Waals surface area contributed by atoms with Crippen molar-refractivity contribution in [3.05, 3.63) is 18.3 Å². The van der Waals surface area contributed by atoms with Crippen molar-refractivity contribution in [1.82, 2.24) is 4.98 Å². The molecule has 1 aromatic rings. The summed E-state index contributed by atoms with van der Waals surface area (Å²) in [7, 11) is 3.87. The van der Waals surface area contributed by atoms with Crippen molar-refractivity contribution in [2.45, 2.75) is 0 Å². The molecule has 0 aromatic carbocycles. The lowest BCUT2D eigenvalue weighted by atomic mass is 10.4. The van der Waals surface area contributed by atoms with Gasteiger partial charge in [-0.2, -0.15) is 0 Å². The summed E-state index contributed by atoms with van der Waals surface area (Å²) in [6, 6.07) is 3.64. The average Bonchev–Trinajstić information content (AvgIpc) is 2.06. The van der Waals surface area contributed by atoms with E-state index in [4.69, 9.17) is 0 Å². The first-order valence-electron chi connectivity index (χ1n) is 3.57. The minimum absolute atomic E-state index is 0.565. The van der Waals surface area contributed by atoms with Gasteiger partial charge in [-0.15, -0.1) is 0 Å². The van der Waals surface area contributed by atoms with E-state index in [1.807, 2.05) is 25.1 Å². The highest BCUT2D eigenvalue weighted by Gasteiger charge is 1.95. The molecule has 0 aliphatic carbocycles. The van der Waals surface area contributed by atoms with Crippen LogP contribution >= 0.6 is 0 Å². The Kier molecular flexibility index (Phi) is 2.63. The van der Waals surface area contributed by atoms with Gasteiger partial charge in [0.05, 0.1) is 11.9 Å². The fourth-order valence-electron chi connectivity index (χ4n) is 0.796. The molecule has 0 radical (unpaired) electrons. The minimum Gasteiger partial charge on any atom is -0.376 e. The van der Waals surface area contributed by atoms with Gasteiger partial charge in [-0.25, -0.2) is 4.98 Å². The fraction of sp³-hybridized carbons (Fsp3) is 0.250. The van der Waals surface area contributed by atoms with Crippen LogP contribution in [-0.4, -0.2) is 25.5 Å². The Hall–Kier alpha value is -1.58. The summed E-state index contributed by atoms with van der Waals surface area (Å²) in [5.41, 5.74) is 1.01. The van der Waals surface area contributed by atoms with E-state index in [-0.39, 0.29) is 0 Å². The van der Waals surface area contributed by atoms with Gasteiger partial charge < -0.3 is 10.2 Å². The first kappa shape index (κ1) is 8.52. The third-order valence-electron chi connectivity index (χ3n) is 1.47. The molecule has 4 heteroatoms. The van der Waals surface area contributed by atoms with E-state index in [1.165, 1.54) is 0 Å². The third-order valence-corrected chi connectivity index (χ3v) is 1.47. The minimum atomic E-state index is 0.565. The normalized spacial score (nSPS) is 9.17. The van der Waals surface area contributed by atoms with Crippen LogP contribution in [0.5, 0.6) is 0 Å². The van der Waals surface area contributed by atoms with Gasteiger partial charge in [-0.05, 0) is 12.1 Å². The molecular formula is C8H11N3O. The summed E-state index contributed by atoms with van der Waals surface area (Å²) in [6.07, 6.45) is 2.31. The summed E-state index contributed by atoms with van der Waals surface area (Å²) in [6.45, 7) is 0. The van der Waals surface area contributed by atoms with Crippen molar-refractivity contribution < 1.29 is 4.79 Å². The number of carbonyl (C=O) groups is 1. The smallest absolute Gasteiger partial charge is 0.212 e. The molecule has 0 spiro atoms. The number of hydrogen-bond acceptors (Lipinski definition) is 3. The van der Waals surface area contributed by atoms with Gasteiger partial charge in [0, 0.05) is 14.1 Å². The zero-order valence-corrected chi connectivity index (χ0v) is 7.11. The van der Waals surface area contributed by atoms with Crippen LogP contribution in [0.15, 0.2) is 18.3 Å². The molecule has 12 heavy (non-hydrogen) atoms. The maximum Gasteiger partial charge on any atom is 0.212 e. The molecule has 64 valence electrons. The summed E-state index contributed by atoms with van der Waals surface area (Å²) in [5, 5.41) is 2.46. The van der Waals surface area contributed by atoms with Crippen molar-refractivity contribution in [3.63, 3.8) is 0 Å². The van der Waals surface area contributed by atoms with Gasteiger partial charge in [-0.3, -0.25) is 4.79 Å². The Labute approximate surface area is 71.2 Å². The Bertz CT molecular complexity index is 256. The molecule has 0 bridgehead atoms. The highest BCUT2D eigenvalue weighted by Crippen LogP contribution is 2.10. The van der Waals surface area contributed by atoms with Crippen LogP contribution in [-0.2, 0) is 4.79 Å². The van der Waals surface area contributed by atoms with Gasteiger partial charge in [-0.1, -0.05) is 0 Å². The maximum absolute atomic E-state index is 10.0. The second kappa shape index (κ2) is 3.71. The Morgan fingerprint density at radius 3 is 2.67 bits per heavy atom. The number of rotatable bonds is 3. The first-order valence-corrected chi connectivity index (χ1v) is 3.57.